The van der Waals surface area contributed by atoms with E-state index < -0.39 is 5.97 Å². The maximum Gasteiger partial charge on any atom is 0.320 e. The second-order valence-electron chi connectivity index (χ2n) is 5.43. The van der Waals surface area contributed by atoms with Gasteiger partial charge in [-0.25, -0.2) is 0 Å². The number of nitrogens with one attached hydrogen (secondary N) is 1. The Morgan fingerprint density at radius 2 is 1.88 bits per heavy atom. The minimum Gasteiger partial charge on any atom is -0.480 e. The second kappa shape index (κ2) is 5.17. The van der Waals surface area contributed by atoms with Crippen LogP contribution in [0.3, 0.4) is 0 Å². The maximum absolute atomic E-state index is 11.0. The van der Waals surface area contributed by atoms with E-state index in [0.29, 0.717) is 0 Å². The third kappa shape index (κ3) is 3.21. The first-order valence-corrected chi connectivity index (χ1v) is 6.68. The van der Waals surface area contributed by atoms with Crippen LogP contribution in [0.4, 0.5) is 0 Å². The Balaban J connectivity index is 1.76. The maximum atomic E-state index is 11.0. The third-order valence-electron chi connectivity index (χ3n) is 3.93. The second-order valence-corrected chi connectivity index (χ2v) is 5.43. The van der Waals surface area contributed by atoms with Crippen molar-refractivity contribution in [1.82, 2.24) is 5.32 Å². The first kappa shape index (κ1) is 11.9. The van der Waals surface area contributed by atoms with E-state index in [4.69, 9.17) is 5.11 Å². The molecule has 0 spiro atoms. The van der Waals surface area contributed by atoms with Crippen LogP contribution in [-0.4, -0.2) is 23.7 Å². The van der Waals surface area contributed by atoms with E-state index in [1.807, 2.05) is 6.92 Å². The van der Waals surface area contributed by atoms with Crippen molar-refractivity contribution in [3.05, 3.63) is 0 Å². The quantitative estimate of drug-likeness (QED) is 0.666. The number of hydrogen-bond acceptors (Lipinski definition) is 2. The average Bonchev–Trinajstić information content (AvgIpc) is 3.10. The summed E-state index contributed by atoms with van der Waals surface area (Å²) < 4.78 is 0. The molecule has 0 aromatic heterocycles. The molecule has 0 amide bonds. The molecular formula is C13H23NO2. The minimum absolute atomic E-state index is 0.329. The van der Waals surface area contributed by atoms with Crippen LogP contribution in [0.25, 0.3) is 0 Å². The number of rotatable bonds is 8. The third-order valence-corrected chi connectivity index (χ3v) is 3.93. The van der Waals surface area contributed by atoms with Crippen LogP contribution in [0.1, 0.15) is 45.4 Å². The lowest BCUT2D eigenvalue weighted by atomic mass is 9.97. The van der Waals surface area contributed by atoms with Gasteiger partial charge in [-0.3, -0.25) is 4.79 Å². The van der Waals surface area contributed by atoms with Gasteiger partial charge in [0.05, 0.1) is 0 Å². The van der Waals surface area contributed by atoms with Gasteiger partial charge in [0, 0.05) is 0 Å². The van der Waals surface area contributed by atoms with Gasteiger partial charge in [0.15, 0.2) is 0 Å². The van der Waals surface area contributed by atoms with Crippen molar-refractivity contribution in [2.75, 3.05) is 6.54 Å². The summed E-state index contributed by atoms with van der Waals surface area (Å²) in [6.07, 6.45) is 7.16. The minimum atomic E-state index is -0.688. The van der Waals surface area contributed by atoms with Crippen LogP contribution in [0, 0.1) is 17.8 Å². The van der Waals surface area contributed by atoms with Gasteiger partial charge in [-0.15, -0.1) is 0 Å². The van der Waals surface area contributed by atoms with Gasteiger partial charge < -0.3 is 10.4 Å². The molecule has 0 aromatic carbocycles. The summed E-state index contributed by atoms with van der Waals surface area (Å²) >= 11 is 0. The molecular weight excluding hydrogens is 202 g/mol. The van der Waals surface area contributed by atoms with Crippen LogP contribution in [0.15, 0.2) is 0 Å². The Bertz CT molecular complexity index is 234. The first-order valence-electron chi connectivity index (χ1n) is 6.68. The summed E-state index contributed by atoms with van der Waals surface area (Å²) in [4.78, 5) is 11.0. The molecule has 3 nitrogen and oxygen atoms in total. The molecule has 2 saturated carbocycles. The standard InChI is InChI=1S/C13H23NO2/c1-2-3-12(13(15)16)14-8-11(9-4-5-9)10-6-7-10/h9-12,14H,2-8H2,1H3,(H,15,16). The number of carboxylic acid groups (broad SMARTS) is 1. The predicted octanol–water partition coefficient (Wildman–Crippen LogP) is 2.27. The van der Waals surface area contributed by atoms with Gasteiger partial charge in [-0.05, 0) is 56.4 Å². The summed E-state index contributed by atoms with van der Waals surface area (Å²) in [5, 5.41) is 12.3. The van der Waals surface area contributed by atoms with Gasteiger partial charge in [0.2, 0.25) is 0 Å². The van der Waals surface area contributed by atoms with Crippen LogP contribution in [-0.2, 0) is 4.79 Å². The number of carbonyl (C=O) groups is 1. The molecule has 0 aromatic rings. The van der Waals surface area contributed by atoms with Crippen molar-refractivity contribution < 1.29 is 9.90 Å². The molecule has 1 atom stereocenters. The summed E-state index contributed by atoms with van der Waals surface area (Å²) in [6, 6.07) is -0.329. The van der Waals surface area contributed by atoms with Crippen molar-refractivity contribution >= 4 is 5.97 Å². The van der Waals surface area contributed by atoms with Gasteiger partial charge in [0.25, 0.3) is 0 Å². The first-order chi connectivity index (χ1) is 7.72. The molecule has 0 saturated heterocycles. The van der Waals surface area contributed by atoms with Crippen molar-refractivity contribution in [2.24, 2.45) is 17.8 Å². The van der Waals surface area contributed by atoms with Crippen molar-refractivity contribution in [2.45, 2.75) is 51.5 Å². The molecule has 1 unspecified atom stereocenters. The molecule has 0 radical (unpaired) electrons. The molecule has 2 fully saturated rings. The number of aliphatic carboxylic acids is 1. The molecule has 2 aliphatic rings. The zero-order valence-corrected chi connectivity index (χ0v) is 10.1. The number of carboxylic acids is 1. The molecule has 0 heterocycles. The van der Waals surface area contributed by atoms with Gasteiger partial charge in [-0.1, -0.05) is 13.3 Å². The highest BCUT2D eigenvalue weighted by molar-refractivity contribution is 5.73. The van der Waals surface area contributed by atoms with E-state index in [2.05, 4.69) is 5.32 Å². The normalized spacial score (nSPS) is 22.4. The molecule has 2 aliphatic carbocycles. The Labute approximate surface area is 97.6 Å². The van der Waals surface area contributed by atoms with Gasteiger partial charge >= 0.3 is 5.97 Å². The molecule has 3 heteroatoms. The summed E-state index contributed by atoms with van der Waals surface area (Å²) in [7, 11) is 0. The summed E-state index contributed by atoms with van der Waals surface area (Å²) in [5.74, 6) is 1.87. The fraction of sp³-hybridized carbons (Fsp3) is 0.923. The zero-order chi connectivity index (χ0) is 11.5. The molecule has 0 aliphatic heterocycles. The van der Waals surface area contributed by atoms with E-state index in [9.17, 15) is 4.79 Å². The van der Waals surface area contributed by atoms with Crippen LogP contribution < -0.4 is 5.32 Å². The fourth-order valence-corrected chi connectivity index (χ4v) is 2.65. The highest BCUT2D eigenvalue weighted by atomic mass is 16.4. The van der Waals surface area contributed by atoms with Crippen LogP contribution in [0.5, 0.6) is 0 Å². The summed E-state index contributed by atoms with van der Waals surface area (Å²) in [6.45, 7) is 2.96. The van der Waals surface area contributed by atoms with E-state index >= 15 is 0 Å². The lowest BCUT2D eigenvalue weighted by Crippen LogP contribution is -2.40. The molecule has 2 rings (SSSR count). The molecule has 2 N–H and O–H groups in total. The van der Waals surface area contributed by atoms with E-state index in [1.54, 1.807) is 0 Å². The molecule has 92 valence electrons. The highest BCUT2D eigenvalue weighted by Gasteiger charge is 2.41. The Morgan fingerprint density at radius 3 is 2.25 bits per heavy atom. The van der Waals surface area contributed by atoms with E-state index in [-0.39, 0.29) is 6.04 Å². The lowest BCUT2D eigenvalue weighted by Gasteiger charge is -2.20. The lowest BCUT2D eigenvalue weighted by molar-refractivity contribution is -0.139. The Morgan fingerprint density at radius 1 is 1.31 bits per heavy atom. The van der Waals surface area contributed by atoms with Gasteiger partial charge in [0.1, 0.15) is 6.04 Å². The fourth-order valence-electron chi connectivity index (χ4n) is 2.65. The van der Waals surface area contributed by atoms with Crippen LogP contribution >= 0.6 is 0 Å². The summed E-state index contributed by atoms with van der Waals surface area (Å²) in [5.41, 5.74) is 0. The van der Waals surface area contributed by atoms with Crippen molar-refractivity contribution in [3.63, 3.8) is 0 Å². The van der Waals surface area contributed by atoms with E-state index in [1.165, 1.54) is 25.7 Å². The van der Waals surface area contributed by atoms with Crippen LogP contribution in [0.2, 0.25) is 0 Å². The monoisotopic (exact) mass is 225 g/mol. The average molecular weight is 225 g/mol. The largest absolute Gasteiger partial charge is 0.480 e. The zero-order valence-electron chi connectivity index (χ0n) is 10.1. The predicted molar refractivity (Wildman–Crippen MR) is 63.3 cm³/mol. The van der Waals surface area contributed by atoms with Gasteiger partial charge in [-0.2, -0.15) is 0 Å². The van der Waals surface area contributed by atoms with Crippen molar-refractivity contribution in [1.29, 1.82) is 0 Å². The Hall–Kier alpha value is -0.570. The number of hydrogen-bond donors (Lipinski definition) is 2. The van der Waals surface area contributed by atoms with E-state index in [0.717, 1.165) is 37.1 Å². The highest BCUT2D eigenvalue weighted by Crippen LogP contribution is 2.48. The Kier molecular flexibility index (Phi) is 3.85. The molecule has 0 bridgehead atoms. The SMILES string of the molecule is CCCC(NCC(C1CC1)C1CC1)C(=O)O. The van der Waals surface area contributed by atoms with Crippen molar-refractivity contribution in [3.8, 4) is 0 Å². The topological polar surface area (TPSA) is 49.3 Å². The smallest absolute Gasteiger partial charge is 0.320 e. The molecule has 16 heavy (non-hydrogen) atoms.